The van der Waals surface area contributed by atoms with E-state index in [0.717, 1.165) is 17.6 Å². The highest BCUT2D eigenvalue weighted by Crippen LogP contribution is 2.22. The van der Waals surface area contributed by atoms with Crippen LogP contribution in [0.4, 0.5) is 0 Å². The van der Waals surface area contributed by atoms with Crippen LogP contribution in [0.1, 0.15) is 19.4 Å². The number of nitrogens with one attached hydrogen (secondary N) is 1. The van der Waals surface area contributed by atoms with Crippen LogP contribution in [0.15, 0.2) is 24.3 Å². The fourth-order valence-electron chi connectivity index (χ4n) is 1.86. The van der Waals surface area contributed by atoms with E-state index in [2.05, 4.69) is 4.72 Å². The van der Waals surface area contributed by atoms with Crippen LogP contribution in [0.5, 0.6) is 5.75 Å². The molecule has 0 aromatic heterocycles. The van der Waals surface area contributed by atoms with Crippen molar-refractivity contribution in [1.29, 1.82) is 0 Å². The number of ether oxygens (including phenoxy) is 1. The van der Waals surface area contributed by atoms with Crippen molar-refractivity contribution in [2.75, 3.05) is 13.4 Å². The molecule has 0 heterocycles. The van der Waals surface area contributed by atoms with E-state index in [4.69, 9.17) is 4.74 Å². The van der Waals surface area contributed by atoms with Crippen molar-refractivity contribution in [2.24, 2.45) is 0 Å². The Bertz CT molecular complexity index is 480. The fourth-order valence-corrected chi connectivity index (χ4v) is 2.94. The van der Waals surface area contributed by atoms with Gasteiger partial charge >= 0.3 is 0 Å². The van der Waals surface area contributed by atoms with Crippen LogP contribution in [0, 0.1) is 0 Å². The van der Waals surface area contributed by atoms with E-state index in [-0.39, 0.29) is 0 Å². The van der Waals surface area contributed by atoms with Gasteiger partial charge in [0.2, 0.25) is 10.0 Å². The van der Waals surface area contributed by atoms with Crippen LogP contribution in [0.3, 0.4) is 0 Å². The Hall–Kier alpha value is -1.07. The highest BCUT2D eigenvalue weighted by atomic mass is 32.2. The summed E-state index contributed by atoms with van der Waals surface area (Å²) in [7, 11) is -1.61. The molecular formula is C12H19NO3S. The lowest BCUT2D eigenvalue weighted by Crippen LogP contribution is -2.44. The quantitative estimate of drug-likeness (QED) is 0.871. The molecule has 0 saturated carbocycles. The highest BCUT2D eigenvalue weighted by molar-refractivity contribution is 7.88. The summed E-state index contributed by atoms with van der Waals surface area (Å²) in [5.41, 5.74) is 0.443. The molecule has 0 aliphatic rings. The molecule has 1 rings (SSSR count). The van der Waals surface area contributed by atoms with Crippen molar-refractivity contribution in [3.63, 3.8) is 0 Å². The van der Waals surface area contributed by atoms with Gasteiger partial charge < -0.3 is 4.74 Å². The zero-order valence-corrected chi connectivity index (χ0v) is 11.5. The normalized spacial score (nSPS) is 12.5. The molecule has 0 aliphatic heterocycles. The second-order valence-corrected chi connectivity index (χ2v) is 6.50. The fraction of sp³-hybridized carbons (Fsp3) is 0.500. The maximum Gasteiger partial charge on any atom is 0.209 e. The molecule has 0 saturated heterocycles. The smallest absolute Gasteiger partial charge is 0.209 e. The number of rotatable bonds is 5. The third-order valence-corrected chi connectivity index (χ3v) is 3.21. The van der Waals surface area contributed by atoms with E-state index in [0.29, 0.717) is 6.42 Å². The van der Waals surface area contributed by atoms with Gasteiger partial charge in [-0.15, -0.1) is 0 Å². The summed E-state index contributed by atoms with van der Waals surface area (Å²) >= 11 is 0. The van der Waals surface area contributed by atoms with Gasteiger partial charge in [-0.3, -0.25) is 0 Å². The van der Waals surface area contributed by atoms with Gasteiger partial charge in [-0.25, -0.2) is 13.1 Å². The number of para-hydroxylation sites is 1. The standard InChI is InChI=1S/C12H19NO3S/c1-12(2,13-17(4,14)15)9-10-7-5-6-8-11(10)16-3/h5-8,13H,9H2,1-4H3. The van der Waals surface area contributed by atoms with E-state index in [1.54, 1.807) is 7.11 Å². The molecule has 4 nitrogen and oxygen atoms in total. The Labute approximate surface area is 103 Å². The van der Waals surface area contributed by atoms with E-state index in [9.17, 15) is 8.42 Å². The summed E-state index contributed by atoms with van der Waals surface area (Å²) in [5, 5.41) is 0. The summed E-state index contributed by atoms with van der Waals surface area (Å²) in [6, 6.07) is 7.60. The van der Waals surface area contributed by atoms with Gasteiger partial charge in [-0.05, 0) is 31.9 Å². The third kappa shape index (κ3) is 4.75. The highest BCUT2D eigenvalue weighted by Gasteiger charge is 2.23. The van der Waals surface area contributed by atoms with Crippen molar-refractivity contribution >= 4 is 10.0 Å². The van der Waals surface area contributed by atoms with Crippen LogP contribution in [-0.4, -0.2) is 27.3 Å². The maximum absolute atomic E-state index is 11.2. The first kappa shape index (κ1) is 14.0. The lowest BCUT2D eigenvalue weighted by Gasteiger charge is -2.25. The molecule has 0 atom stereocenters. The molecule has 0 aliphatic carbocycles. The van der Waals surface area contributed by atoms with Crippen molar-refractivity contribution in [3.05, 3.63) is 29.8 Å². The second kappa shape index (κ2) is 5.06. The molecule has 1 aromatic rings. The number of hydrogen-bond donors (Lipinski definition) is 1. The Morgan fingerprint density at radius 1 is 1.29 bits per heavy atom. The van der Waals surface area contributed by atoms with Gasteiger partial charge in [0.25, 0.3) is 0 Å². The second-order valence-electron chi connectivity index (χ2n) is 4.75. The SMILES string of the molecule is COc1ccccc1CC(C)(C)NS(C)(=O)=O. The lowest BCUT2D eigenvalue weighted by molar-refractivity contribution is 0.396. The summed E-state index contributed by atoms with van der Waals surface area (Å²) in [6.07, 6.45) is 1.74. The van der Waals surface area contributed by atoms with E-state index < -0.39 is 15.6 Å². The molecule has 0 unspecified atom stereocenters. The monoisotopic (exact) mass is 257 g/mol. The van der Waals surface area contributed by atoms with Crippen molar-refractivity contribution in [2.45, 2.75) is 25.8 Å². The van der Waals surface area contributed by atoms with Gasteiger partial charge in [-0.2, -0.15) is 0 Å². The van der Waals surface area contributed by atoms with E-state index in [1.807, 2.05) is 38.1 Å². The predicted octanol–water partition coefficient (Wildman–Crippen LogP) is 1.57. The van der Waals surface area contributed by atoms with Gasteiger partial charge in [-0.1, -0.05) is 18.2 Å². The molecule has 1 aromatic carbocycles. The lowest BCUT2D eigenvalue weighted by atomic mass is 9.96. The molecular weight excluding hydrogens is 238 g/mol. The molecule has 0 radical (unpaired) electrons. The van der Waals surface area contributed by atoms with Gasteiger partial charge in [0.1, 0.15) is 5.75 Å². The third-order valence-electron chi connectivity index (χ3n) is 2.29. The van der Waals surface area contributed by atoms with Crippen molar-refractivity contribution < 1.29 is 13.2 Å². The van der Waals surface area contributed by atoms with Gasteiger partial charge in [0.05, 0.1) is 13.4 Å². The predicted molar refractivity (Wildman–Crippen MR) is 68.8 cm³/mol. The molecule has 0 amide bonds. The van der Waals surface area contributed by atoms with Crippen LogP contribution in [0.25, 0.3) is 0 Å². The van der Waals surface area contributed by atoms with Crippen LogP contribution >= 0.6 is 0 Å². The zero-order chi connectivity index (χ0) is 13.1. The van der Waals surface area contributed by atoms with Gasteiger partial charge in [0.15, 0.2) is 0 Å². The Morgan fingerprint density at radius 2 is 1.88 bits per heavy atom. The molecule has 17 heavy (non-hydrogen) atoms. The minimum atomic E-state index is -3.21. The molecule has 1 N–H and O–H groups in total. The Kier molecular flexibility index (Phi) is 4.16. The minimum Gasteiger partial charge on any atom is -0.496 e. The molecule has 96 valence electrons. The average molecular weight is 257 g/mol. The first-order valence-electron chi connectivity index (χ1n) is 5.34. The van der Waals surface area contributed by atoms with Crippen LogP contribution in [-0.2, 0) is 16.4 Å². The molecule has 0 spiro atoms. The number of benzene rings is 1. The number of sulfonamides is 1. The molecule has 0 fully saturated rings. The topological polar surface area (TPSA) is 55.4 Å². The number of methoxy groups -OCH3 is 1. The molecule has 5 heteroatoms. The maximum atomic E-state index is 11.2. The summed E-state index contributed by atoms with van der Waals surface area (Å²) < 4.78 is 30.4. The Morgan fingerprint density at radius 3 is 2.41 bits per heavy atom. The summed E-state index contributed by atoms with van der Waals surface area (Å²) in [5.74, 6) is 0.774. The van der Waals surface area contributed by atoms with Crippen molar-refractivity contribution in [3.8, 4) is 5.75 Å². The summed E-state index contributed by atoms with van der Waals surface area (Å²) in [6.45, 7) is 3.70. The molecule has 0 bridgehead atoms. The average Bonchev–Trinajstić information content (AvgIpc) is 2.14. The van der Waals surface area contributed by atoms with E-state index in [1.165, 1.54) is 0 Å². The van der Waals surface area contributed by atoms with Crippen LogP contribution < -0.4 is 9.46 Å². The van der Waals surface area contributed by atoms with E-state index >= 15 is 0 Å². The van der Waals surface area contributed by atoms with Crippen molar-refractivity contribution in [1.82, 2.24) is 4.72 Å². The zero-order valence-electron chi connectivity index (χ0n) is 10.6. The summed E-state index contributed by atoms with van der Waals surface area (Å²) in [4.78, 5) is 0. The largest absolute Gasteiger partial charge is 0.496 e. The first-order valence-corrected chi connectivity index (χ1v) is 7.23. The first-order chi connectivity index (χ1) is 7.73. The van der Waals surface area contributed by atoms with Gasteiger partial charge in [0, 0.05) is 5.54 Å². The number of hydrogen-bond acceptors (Lipinski definition) is 3. The Balaban J connectivity index is 2.90. The minimum absolute atomic E-state index is 0.539. The van der Waals surface area contributed by atoms with Crippen LogP contribution in [0.2, 0.25) is 0 Å².